The van der Waals surface area contributed by atoms with Crippen LogP contribution < -0.4 is 26.0 Å². The van der Waals surface area contributed by atoms with Gasteiger partial charge in [0.1, 0.15) is 11.9 Å². The Labute approximate surface area is 198 Å². The molecule has 2 aromatic heterocycles. The minimum atomic E-state index is -0.680. The molecule has 4 rings (SSSR count). The highest BCUT2D eigenvalue weighted by Crippen LogP contribution is 2.29. The first kappa shape index (κ1) is 23.0. The normalized spacial score (nSPS) is 10.8. The zero-order chi connectivity index (χ0) is 24.4. The lowest BCUT2D eigenvalue weighted by atomic mass is 10.2. The third-order valence-corrected chi connectivity index (χ3v) is 5.40. The molecule has 10 nitrogen and oxygen atoms in total. The van der Waals surface area contributed by atoms with E-state index in [1.807, 2.05) is 0 Å². The van der Waals surface area contributed by atoms with Crippen molar-refractivity contribution < 1.29 is 14.3 Å². The second-order valence-corrected chi connectivity index (χ2v) is 7.73. The van der Waals surface area contributed by atoms with Crippen LogP contribution in [0, 0.1) is 0 Å². The van der Waals surface area contributed by atoms with Crippen LogP contribution in [-0.2, 0) is 18.4 Å². The van der Waals surface area contributed by atoms with E-state index in [9.17, 15) is 14.4 Å². The van der Waals surface area contributed by atoms with Crippen LogP contribution in [0.1, 0.15) is 0 Å². The molecule has 0 aliphatic rings. The molecule has 0 fully saturated rings. The number of nitrogens with zero attached hydrogens (tertiary/aromatic N) is 4. The Balaban J connectivity index is 1.66. The van der Waals surface area contributed by atoms with Crippen molar-refractivity contribution in [1.29, 1.82) is 0 Å². The first-order chi connectivity index (χ1) is 16.3. The molecule has 0 spiro atoms. The predicted molar refractivity (Wildman–Crippen MR) is 128 cm³/mol. The van der Waals surface area contributed by atoms with Crippen LogP contribution in [0.3, 0.4) is 0 Å². The van der Waals surface area contributed by atoms with Crippen LogP contribution in [0.15, 0.2) is 58.3 Å². The van der Waals surface area contributed by atoms with E-state index in [1.54, 1.807) is 42.5 Å². The Kier molecular flexibility index (Phi) is 6.33. The number of benzene rings is 2. The van der Waals surface area contributed by atoms with E-state index in [0.29, 0.717) is 33.6 Å². The van der Waals surface area contributed by atoms with Crippen molar-refractivity contribution in [2.75, 3.05) is 19.5 Å². The van der Waals surface area contributed by atoms with Crippen molar-refractivity contribution >= 4 is 34.2 Å². The third-order valence-electron chi connectivity index (χ3n) is 5.15. The molecule has 34 heavy (non-hydrogen) atoms. The van der Waals surface area contributed by atoms with Crippen molar-refractivity contribution in [2.45, 2.75) is 6.54 Å². The summed E-state index contributed by atoms with van der Waals surface area (Å²) in [5.41, 5.74) is -0.0862. The molecule has 11 heteroatoms. The number of ether oxygens (including phenoxy) is 2. The van der Waals surface area contributed by atoms with Crippen LogP contribution in [0.5, 0.6) is 11.5 Å². The number of methoxy groups -OCH3 is 2. The molecule has 0 radical (unpaired) electrons. The fourth-order valence-electron chi connectivity index (χ4n) is 3.42. The van der Waals surface area contributed by atoms with Crippen LogP contribution in [-0.4, -0.2) is 39.2 Å². The van der Waals surface area contributed by atoms with Gasteiger partial charge in [0.2, 0.25) is 5.91 Å². The van der Waals surface area contributed by atoms with E-state index in [2.05, 4.69) is 15.3 Å². The van der Waals surface area contributed by atoms with E-state index < -0.39 is 23.7 Å². The number of aryl methyl sites for hydroxylation is 1. The molecule has 4 aromatic rings. The number of carbonyl (C=O) groups excluding carboxylic acids is 1. The van der Waals surface area contributed by atoms with Gasteiger partial charge in [-0.05, 0) is 36.4 Å². The monoisotopic (exact) mass is 481 g/mol. The Morgan fingerprint density at radius 2 is 1.76 bits per heavy atom. The molecule has 0 saturated carbocycles. The average molecular weight is 482 g/mol. The van der Waals surface area contributed by atoms with Gasteiger partial charge >= 0.3 is 5.69 Å². The number of hydrogen-bond donors (Lipinski definition) is 1. The van der Waals surface area contributed by atoms with E-state index in [0.717, 1.165) is 4.57 Å². The second kappa shape index (κ2) is 9.36. The molecule has 0 saturated heterocycles. The number of aromatic nitrogens is 4. The van der Waals surface area contributed by atoms with E-state index >= 15 is 0 Å². The van der Waals surface area contributed by atoms with E-state index in [4.69, 9.17) is 21.1 Å². The largest absolute Gasteiger partial charge is 0.493 e. The highest BCUT2D eigenvalue weighted by atomic mass is 35.5. The zero-order valence-corrected chi connectivity index (χ0v) is 19.3. The minimum Gasteiger partial charge on any atom is -0.493 e. The summed E-state index contributed by atoms with van der Waals surface area (Å²) in [6, 6.07) is 11.7. The molecule has 2 aromatic carbocycles. The fourth-order valence-corrected chi connectivity index (χ4v) is 3.54. The number of halogens is 1. The lowest BCUT2D eigenvalue weighted by molar-refractivity contribution is -0.116. The van der Waals surface area contributed by atoms with E-state index in [1.165, 1.54) is 32.0 Å². The lowest BCUT2D eigenvalue weighted by Gasteiger charge is -2.12. The molecule has 0 aliphatic carbocycles. The standard InChI is InChI=1S/C23H20ClN5O5/c1-28-21-16(11-25-20(27-21)13-4-6-14(24)7-5-13)22(31)29(23(28)32)12-19(30)26-15-8-9-17(33-2)18(10-15)34-3/h4-11H,12H2,1-3H3,(H,26,30). The maximum atomic E-state index is 13.0. The fraction of sp³-hybridized carbons (Fsp3) is 0.174. The van der Waals surface area contributed by atoms with Crippen LogP contribution in [0.25, 0.3) is 22.4 Å². The third kappa shape index (κ3) is 4.35. The Morgan fingerprint density at radius 1 is 1.06 bits per heavy atom. The Bertz CT molecular complexity index is 1510. The first-order valence-corrected chi connectivity index (χ1v) is 10.4. The van der Waals surface area contributed by atoms with Gasteiger partial charge in [-0.3, -0.25) is 18.7 Å². The minimum absolute atomic E-state index is 0.110. The topological polar surface area (TPSA) is 117 Å². The first-order valence-electron chi connectivity index (χ1n) is 10.1. The molecule has 0 unspecified atom stereocenters. The maximum absolute atomic E-state index is 13.0. The van der Waals surface area contributed by atoms with Gasteiger partial charge in [0.25, 0.3) is 5.56 Å². The SMILES string of the molecule is COc1ccc(NC(=O)Cn2c(=O)c3cnc(-c4ccc(Cl)cc4)nc3n(C)c2=O)cc1OC. The van der Waals surface area contributed by atoms with Crippen LogP contribution >= 0.6 is 11.6 Å². The van der Waals surface area contributed by atoms with Crippen LogP contribution in [0.4, 0.5) is 5.69 Å². The summed E-state index contributed by atoms with van der Waals surface area (Å²) in [6.07, 6.45) is 1.34. The summed E-state index contributed by atoms with van der Waals surface area (Å²) < 4.78 is 12.4. The summed E-state index contributed by atoms with van der Waals surface area (Å²) in [4.78, 5) is 47.2. The number of hydrogen-bond acceptors (Lipinski definition) is 7. The summed E-state index contributed by atoms with van der Waals surface area (Å²) in [5.74, 6) is 0.692. The predicted octanol–water partition coefficient (Wildman–Crippen LogP) is 2.47. The molecular weight excluding hydrogens is 462 g/mol. The van der Waals surface area contributed by atoms with Gasteiger partial charge in [-0.1, -0.05) is 11.6 Å². The van der Waals surface area contributed by atoms with Crippen LogP contribution in [0.2, 0.25) is 5.02 Å². The average Bonchev–Trinajstić information content (AvgIpc) is 2.85. The molecule has 1 N–H and O–H groups in total. The summed E-state index contributed by atoms with van der Waals surface area (Å²) in [5, 5.41) is 3.32. The van der Waals surface area contributed by atoms with Crippen molar-refractivity contribution in [1.82, 2.24) is 19.1 Å². The molecule has 0 atom stereocenters. The Morgan fingerprint density at radius 3 is 2.44 bits per heavy atom. The summed E-state index contributed by atoms with van der Waals surface area (Å²) >= 11 is 5.92. The lowest BCUT2D eigenvalue weighted by Crippen LogP contribution is -2.42. The van der Waals surface area contributed by atoms with Gasteiger partial charge in [-0.15, -0.1) is 0 Å². The second-order valence-electron chi connectivity index (χ2n) is 7.29. The smallest absolute Gasteiger partial charge is 0.332 e. The molecular formula is C23H20ClN5O5. The van der Waals surface area contributed by atoms with Gasteiger partial charge < -0.3 is 14.8 Å². The summed E-state index contributed by atoms with van der Waals surface area (Å²) in [6.45, 7) is -0.491. The van der Waals surface area contributed by atoms with E-state index in [-0.39, 0.29) is 11.0 Å². The maximum Gasteiger partial charge on any atom is 0.332 e. The number of fused-ring (bicyclic) bond motifs is 1. The van der Waals surface area contributed by atoms with Crippen molar-refractivity contribution in [3.05, 3.63) is 74.5 Å². The van der Waals surface area contributed by atoms with Gasteiger partial charge in [0.05, 0.1) is 14.2 Å². The number of carbonyl (C=O) groups is 1. The quantitative estimate of drug-likeness (QED) is 0.449. The van der Waals surface area contributed by atoms with Gasteiger partial charge in [-0.25, -0.2) is 14.8 Å². The Hall–Kier alpha value is -4.18. The van der Waals surface area contributed by atoms with Gasteiger partial charge in [0.15, 0.2) is 23.0 Å². The number of rotatable bonds is 6. The molecule has 0 aliphatic heterocycles. The molecule has 0 bridgehead atoms. The number of anilines is 1. The number of amides is 1. The van der Waals surface area contributed by atoms with Crippen molar-refractivity contribution in [3.8, 4) is 22.9 Å². The molecule has 174 valence electrons. The highest BCUT2D eigenvalue weighted by molar-refractivity contribution is 6.30. The zero-order valence-electron chi connectivity index (χ0n) is 18.5. The van der Waals surface area contributed by atoms with Crippen molar-refractivity contribution in [2.24, 2.45) is 7.05 Å². The molecule has 2 heterocycles. The summed E-state index contributed by atoms with van der Waals surface area (Å²) in [7, 11) is 4.45. The van der Waals surface area contributed by atoms with Gasteiger partial charge in [-0.2, -0.15) is 0 Å². The number of nitrogens with one attached hydrogen (secondary N) is 1. The highest BCUT2D eigenvalue weighted by Gasteiger charge is 2.17. The van der Waals surface area contributed by atoms with Crippen molar-refractivity contribution in [3.63, 3.8) is 0 Å². The van der Waals surface area contributed by atoms with Gasteiger partial charge in [0, 0.05) is 35.6 Å². The molecule has 1 amide bonds.